The van der Waals surface area contributed by atoms with E-state index >= 15 is 0 Å². The van der Waals surface area contributed by atoms with Crippen LogP contribution in [-0.4, -0.2) is 36.4 Å². The number of rotatable bonds is 6. The molecule has 0 radical (unpaired) electrons. The summed E-state index contributed by atoms with van der Waals surface area (Å²) < 4.78 is 4.62. The molecule has 0 spiro atoms. The number of hydrogen-bond donors (Lipinski definition) is 2. The molecule has 1 heterocycles. The number of hydrogen-bond acceptors (Lipinski definition) is 6. The van der Waals surface area contributed by atoms with E-state index in [1.165, 1.54) is 31.4 Å². The summed E-state index contributed by atoms with van der Waals surface area (Å²) in [7, 11) is 1.29. The van der Waals surface area contributed by atoms with Crippen LogP contribution < -0.4 is 10.6 Å². The van der Waals surface area contributed by atoms with E-state index in [4.69, 9.17) is 0 Å². The molecule has 0 bridgehead atoms. The predicted molar refractivity (Wildman–Crippen MR) is 115 cm³/mol. The van der Waals surface area contributed by atoms with E-state index < -0.39 is 17.8 Å². The van der Waals surface area contributed by atoms with Gasteiger partial charge in [0.2, 0.25) is 0 Å². The van der Waals surface area contributed by atoms with Crippen LogP contribution >= 0.6 is 11.3 Å². The van der Waals surface area contributed by atoms with Crippen LogP contribution in [0.15, 0.2) is 54.6 Å². The predicted octanol–water partition coefficient (Wildman–Crippen LogP) is 3.20. The number of anilines is 1. The fraction of sp³-hybridized carbons (Fsp3) is 0.182. The van der Waals surface area contributed by atoms with Crippen molar-refractivity contribution < 1.29 is 19.1 Å². The number of amides is 2. The lowest BCUT2D eigenvalue weighted by molar-refractivity contribution is -0.136. The first-order chi connectivity index (χ1) is 14.5. The van der Waals surface area contributed by atoms with E-state index in [2.05, 4.69) is 20.4 Å². The van der Waals surface area contributed by atoms with Crippen molar-refractivity contribution in [3.63, 3.8) is 0 Å². The average molecular weight is 423 g/mol. The Morgan fingerprint density at radius 1 is 1.00 bits per heavy atom. The van der Waals surface area contributed by atoms with Gasteiger partial charge in [0, 0.05) is 29.1 Å². The molecule has 0 fully saturated rings. The first-order valence-electron chi connectivity index (χ1n) is 9.27. The minimum atomic E-state index is -0.771. The summed E-state index contributed by atoms with van der Waals surface area (Å²) in [6.07, 6.45) is 0.586. The maximum atomic E-state index is 12.1. The van der Waals surface area contributed by atoms with Crippen LogP contribution in [0.2, 0.25) is 0 Å². The Bertz CT molecular complexity index is 1050. The zero-order valence-electron chi connectivity index (χ0n) is 16.6. The third kappa shape index (κ3) is 5.30. The Labute approximate surface area is 178 Å². The zero-order chi connectivity index (χ0) is 21.5. The third-order valence-electron chi connectivity index (χ3n) is 4.32. The summed E-state index contributed by atoms with van der Waals surface area (Å²) in [5.41, 5.74) is 2.74. The minimum Gasteiger partial charge on any atom is -0.465 e. The quantitative estimate of drug-likeness (QED) is 0.469. The fourth-order valence-corrected chi connectivity index (χ4v) is 3.80. The van der Waals surface area contributed by atoms with E-state index in [0.717, 1.165) is 21.1 Å². The molecular weight excluding hydrogens is 402 g/mol. The van der Waals surface area contributed by atoms with Crippen LogP contribution in [0.5, 0.6) is 0 Å². The highest BCUT2D eigenvalue weighted by Crippen LogP contribution is 2.27. The molecule has 0 aliphatic carbocycles. The molecule has 8 heteroatoms. The van der Waals surface area contributed by atoms with Crippen molar-refractivity contribution >= 4 is 34.8 Å². The van der Waals surface area contributed by atoms with Crippen molar-refractivity contribution in [2.24, 2.45) is 0 Å². The highest BCUT2D eigenvalue weighted by Gasteiger charge is 2.15. The van der Waals surface area contributed by atoms with Gasteiger partial charge >= 0.3 is 17.8 Å². The first-order valence-corrected chi connectivity index (χ1v) is 10.1. The maximum absolute atomic E-state index is 12.1. The maximum Gasteiger partial charge on any atom is 0.337 e. The van der Waals surface area contributed by atoms with Gasteiger partial charge in [-0.1, -0.05) is 30.3 Å². The molecule has 0 aliphatic rings. The van der Waals surface area contributed by atoms with Gasteiger partial charge in [-0.25, -0.2) is 9.78 Å². The number of aryl methyl sites for hydroxylation is 1. The van der Waals surface area contributed by atoms with E-state index in [9.17, 15) is 14.4 Å². The standard InChI is InChI=1S/C22H21N3O4S/c1-14-18(30-21(24-14)15-6-4-3-5-7-15)12-13-23-19(26)20(27)25-17-10-8-16(9-11-17)22(28)29-2/h3-11H,12-13H2,1-2H3,(H,23,26)(H,25,27). The first kappa shape index (κ1) is 21.2. The van der Waals surface area contributed by atoms with Gasteiger partial charge in [0.05, 0.1) is 18.4 Å². The van der Waals surface area contributed by atoms with Crippen LogP contribution in [0, 0.1) is 6.92 Å². The van der Waals surface area contributed by atoms with E-state index in [-0.39, 0.29) is 0 Å². The van der Waals surface area contributed by atoms with Crippen LogP contribution in [0.3, 0.4) is 0 Å². The Morgan fingerprint density at radius 2 is 1.70 bits per heavy atom. The van der Waals surface area contributed by atoms with Gasteiger partial charge < -0.3 is 15.4 Å². The summed E-state index contributed by atoms with van der Waals surface area (Å²) in [4.78, 5) is 41.2. The number of nitrogens with one attached hydrogen (secondary N) is 2. The molecule has 2 N–H and O–H groups in total. The number of ether oxygens (including phenoxy) is 1. The van der Waals surface area contributed by atoms with Gasteiger partial charge in [-0.05, 0) is 31.2 Å². The Kier molecular flexibility index (Phi) is 6.92. The van der Waals surface area contributed by atoms with Crippen LogP contribution in [-0.2, 0) is 20.7 Å². The number of esters is 1. The summed E-state index contributed by atoms with van der Waals surface area (Å²) in [6.45, 7) is 2.26. The van der Waals surface area contributed by atoms with Gasteiger partial charge in [0.1, 0.15) is 5.01 Å². The van der Waals surface area contributed by atoms with Crippen molar-refractivity contribution in [2.75, 3.05) is 19.0 Å². The van der Waals surface area contributed by atoms with Gasteiger partial charge in [0.25, 0.3) is 0 Å². The molecule has 3 aromatic rings. The Hall–Kier alpha value is -3.52. The molecule has 0 aliphatic heterocycles. The molecule has 7 nitrogen and oxygen atoms in total. The van der Waals surface area contributed by atoms with Crippen LogP contribution in [0.4, 0.5) is 5.69 Å². The molecule has 154 valence electrons. The molecule has 0 saturated carbocycles. The number of nitrogens with zero attached hydrogens (tertiary/aromatic N) is 1. The molecule has 2 amide bonds. The molecule has 30 heavy (non-hydrogen) atoms. The van der Waals surface area contributed by atoms with Gasteiger partial charge in [-0.15, -0.1) is 11.3 Å². The molecular formula is C22H21N3O4S. The number of benzene rings is 2. The molecule has 2 aromatic carbocycles. The van der Waals surface area contributed by atoms with Gasteiger partial charge in [-0.2, -0.15) is 0 Å². The topological polar surface area (TPSA) is 97.4 Å². The summed E-state index contributed by atoms with van der Waals surface area (Å²) in [5.74, 6) is -1.97. The Morgan fingerprint density at radius 3 is 2.37 bits per heavy atom. The van der Waals surface area contributed by atoms with Crippen molar-refractivity contribution in [3.8, 4) is 10.6 Å². The number of carbonyl (C=O) groups is 3. The fourth-order valence-electron chi connectivity index (χ4n) is 2.73. The lowest BCUT2D eigenvalue weighted by Crippen LogP contribution is -2.36. The average Bonchev–Trinajstić information content (AvgIpc) is 3.14. The molecule has 1 aromatic heterocycles. The number of carbonyl (C=O) groups excluding carboxylic acids is 3. The van der Waals surface area contributed by atoms with E-state index in [1.807, 2.05) is 37.3 Å². The van der Waals surface area contributed by atoms with Crippen LogP contribution in [0.1, 0.15) is 20.9 Å². The molecule has 3 rings (SSSR count). The van der Waals surface area contributed by atoms with Crippen molar-refractivity contribution in [1.82, 2.24) is 10.3 Å². The SMILES string of the molecule is COC(=O)c1ccc(NC(=O)C(=O)NCCc2sc(-c3ccccc3)nc2C)cc1. The summed E-state index contributed by atoms with van der Waals surface area (Å²) in [6, 6.07) is 16.0. The third-order valence-corrected chi connectivity index (χ3v) is 5.59. The normalized spacial score (nSPS) is 10.3. The van der Waals surface area contributed by atoms with Crippen molar-refractivity contribution in [3.05, 3.63) is 70.7 Å². The molecule has 0 unspecified atom stereocenters. The van der Waals surface area contributed by atoms with Crippen LogP contribution in [0.25, 0.3) is 10.6 Å². The van der Waals surface area contributed by atoms with Crippen molar-refractivity contribution in [1.29, 1.82) is 0 Å². The summed E-state index contributed by atoms with van der Waals surface area (Å²) in [5, 5.41) is 6.05. The molecule has 0 atom stereocenters. The molecule has 0 saturated heterocycles. The second-order valence-electron chi connectivity index (χ2n) is 6.42. The van der Waals surface area contributed by atoms with Gasteiger partial charge in [-0.3, -0.25) is 9.59 Å². The minimum absolute atomic E-state index is 0.324. The highest BCUT2D eigenvalue weighted by molar-refractivity contribution is 7.15. The lowest BCUT2D eigenvalue weighted by Gasteiger charge is -2.07. The second-order valence-corrected chi connectivity index (χ2v) is 7.51. The zero-order valence-corrected chi connectivity index (χ0v) is 17.4. The number of methoxy groups -OCH3 is 1. The van der Waals surface area contributed by atoms with E-state index in [1.54, 1.807) is 11.3 Å². The lowest BCUT2D eigenvalue weighted by atomic mass is 10.2. The van der Waals surface area contributed by atoms with E-state index in [0.29, 0.717) is 24.2 Å². The van der Waals surface area contributed by atoms with Gasteiger partial charge in [0.15, 0.2) is 0 Å². The van der Waals surface area contributed by atoms with Crippen molar-refractivity contribution in [2.45, 2.75) is 13.3 Å². The monoisotopic (exact) mass is 423 g/mol. The highest BCUT2D eigenvalue weighted by atomic mass is 32.1. The Balaban J connectivity index is 1.50. The summed E-state index contributed by atoms with van der Waals surface area (Å²) >= 11 is 1.58. The number of thiazole rings is 1. The second kappa shape index (κ2) is 9.80. The largest absolute Gasteiger partial charge is 0.465 e. The smallest absolute Gasteiger partial charge is 0.337 e. The number of aromatic nitrogens is 1.